The molecule has 1 aromatic heterocycles. The van der Waals surface area contributed by atoms with Gasteiger partial charge in [-0.2, -0.15) is 5.10 Å². The van der Waals surface area contributed by atoms with Crippen LogP contribution < -0.4 is 5.32 Å². The second-order valence-electron chi connectivity index (χ2n) is 4.92. The van der Waals surface area contributed by atoms with Crippen molar-refractivity contribution in [1.29, 1.82) is 0 Å². The Kier molecular flexibility index (Phi) is 3.99. The molecular weight excluding hydrogens is 198 g/mol. The molecule has 0 spiro atoms. The SMILES string of the molecule is CCNC1CCCC1CCc1cnn(C)c1. The van der Waals surface area contributed by atoms with Gasteiger partial charge in [-0.05, 0) is 43.7 Å². The van der Waals surface area contributed by atoms with E-state index < -0.39 is 0 Å². The Bertz CT molecular complexity index is 319. The molecule has 2 atom stereocenters. The van der Waals surface area contributed by atoms with Gasteiger partial charge in [-0.1, -0.05) is 13.3 Å². The van der Waals surface area contributed by atoms with E-state index in [0.717, 1.165) is 18.5 Å². The largest absolute Gasteiger partial charge is 0.314 e. The van der Waals surface area contributed by atoms with Crippen LogP contribution in [0.15, 0.2) is 12.4 Å². The van der Waals surface area contributed by atoms with Crippen LogP contribution >= 0.6 is 0 Å². The Balaban J connectivity index is 1.80. The zero-order valence-electron chi connectivity index (χ0n) is 10.4. The van der Waals surface area contributed by atoms with Crippen LogP contribution in [-0.2, 0) is 13.5 Å². The number of aromatic nitrogens is 2. The van der Waals surface area contributed by atoms with Crippen molar-refractivity contribution in [1.82, 2.24) is 15.1 Å². The van der Waals surface area contributed by atoms with Gasteiger partial charge in [0.15, 0.2) is 0 Å². The Labute approximate surface area is 98.2 Å². The van der Waals surface area contributed by atoms with Gasteiger partial charge in [0, 0.05) is 19.3 Å². The van der Waals surface area contributed by atoms with Gasteiger partial charge in [0.1, 0.15) is 0 Å². The van der Waals surface area contributed by atoms with Gasteiger partial charge < -0.3 is 5.32 Å². The Morgan fingerprint density at radius 1 is 1.50 bits per heavy atom. The van der Waals surface area contributed by atoms with Crippen LogP contribution in [-0.4, -0.2) is 22.4 Å². The number of hydrogen-bond acceptors (Lipinski definition) is 2. The zero-order chi connectivity index (χ0) is 11.4. The summed E-state index contributed by atoms with van der Waals surface area (Å²) < 4.78 is 1.89. The van der Waals surface area contributed by atoms with Crippen LogP contribution in [0.1, 0.15) is 38.2 Å². The number of rotatable bonds is 5. The van der Waals surface area contributed by atoms with E-state index in [-0.39, 0.29) is 0 Å². The van der Waals surface area contributed by atoms with E-state index in [9.17, 15) is 0 Å². The van der Waals surface area contributed by atoms with Crippen molar-refractivity contribution in [2.24, 2.45) is 13.0 Å². The molecule has 1 aliphatic rings. The summed E-state index contributed by atoms with van der Waals surface area (Å²) in [5, 5.41) is 7.83. The first kappa shape index (κ1) is 11.6. The molecule has 1 saturated carbocycles. The number of nitrogens with zero attached hydrogens (tertiary/aromatic N) is 2. The van der Waals surface area contributed by atoms with Gasteiger partial charge in [-0.15, -0.1) is 0 Å². The molecule has 16 heavy (non-hydrogen) atoms. The Morgan fingerprint density at radius 3 is 3.06 bits per heavy atom. The second kappa shape index (κ2) is 5.48. The highest BCUT2D eigenvalue weighted by Crippen LogP contribution is 2.29. The molecule has 0 radical (unpaired) electrons. The van der Waals surface area contributed by atoms with Gasteiger partial charge in [-0.25, -0.2) is 0 Å². The van der Waals surface area contributed by atoms with E-state index in [0.29, 0.717) is 0 Å². The van der Waals surface area contributed by atoms with Crippen LogP contribution in [0.4, 0.5) is 0 Å². The average Bonchev–Trinajstić information content (AvgIpc) is 2.85. The van der Waals surface area contributed by atoms with Gasteiger partial charge in [-0.3, -0.25) is 4.68 Å². The summed E-state index contributed by atoms with van der Waals surface area (Å²) in [5.41, 5.74) is 1.38. The lowest BCUT2D eigenvalue weighted by Gasteiger charge is -2.19. The quantitative estimate of drug-likeness (QED) is 0.825. The van der Waals surface area contributed by atoms with Gasteiger partial charge in [0.05, 0.1) is 6.20 Å². The van der Waals surface area contributed by atoms with E-state index in [4.69, 9.17) is 0 Å². The van der Waals surface area contributed by atoms with Crippen molar-refractivity contribution >= 4 is 0 Å². The van der Waals surface area contributed by atoms with Crippen molar-refractivity contribution in [3.8, 4) is 0 Å². The minimum Gasteiger partial charge on any atom is -0.314 e. The second-order valence-corrected chi connectivity index (χ2v) is 4.92. The molecule has 3 heteroatoms. The fraction of sp³-hybridized carbons (Fsp3) is 0.769. The molecule has 0 aromatic carbocycles. The van der Waals surface area contributed by atoms with Crippen molar-refractivity contribution < 1.29 is 0 Å². The Hall–Kier alpha value is -0.830. The van der Waals surface area contributed by atoms with Crippen LogP contribution in [0, 0.1) is 5.92 Å². The fourth-order valence-electron chi connectivity index (χ4n) is 2.87. The van der Waals surface area contributed by atoms with E-state index in [2.05, 4.69) is 23.5 Å². The third kappa shape index (κ3) is 2.85. The van der Waals surface area contributed by atoms with Crippen LogP contribution in [0.25, 0.3) is 0 Å². The molecule has 2 unspecified atom stereocenters. The molecule has 0 bridgehead atoms. The maximum Gasteiger partial charge on any atom is 0.0521 e. The van der Waals surface area contributed by atoms with E-state index in [1.165, 1.54) is 37.7 Å². The molecule has 1 heterocycles. The summed E-state index contributed by atoms with van der Waals surface area (Å²) in [4.78, 5) is 0. The standard InChI is InChI=1S/C13H23N3/c1-3-14-13-6-4-5-12(13)8-7-11-9-15-16(2)10-11/h9-10,12-14H,3-8H2,1-2H3. The lowest BCUT2D eigenvalue weighted by atomic mass is 9.96. The molecule has 1 N–H and O–H groups in total. The summed E-state index contributed by atoms with van der Waals surface area (Å²) in [6.45, 7) is 3.31. The highest BCUT2D eigenvalue weighted by molar-refractivity contribution is 5.04. The van der Waals surface area contributed by atoms with Gasteiger partial charge in [0.2, 0.25) is 0 Å². The van der Waals surface area contributed by atoms with Crippen LogP contribution in [0.5, 0.6) is 0 Å². The first-order valence-corrected chi connectivity index (χ1v) is 6.50. The molecule has 0 saturated heterocycles. The van der Waals surface area contributed by atoms with E-state index in [1.807, 2.05) is 17.9 Å². The number of nitrogens with one attached hydrogen (secondary N) is 1. The van der Waals surface area contributed by atoms with Crippen molar-refractivity contribution in [3.05, 3.63) is 18.0 Å². The third-order valence-corrected chi connectivity index (χ3v) is 3.69. The van der Waals surface area contributed by atoms with Gasteiger partial charge >= 0.3 is 0 Å². The zero-order valence-corrected chi connectivity index (χ0v) is 10.4. The maximum absolute atomic E-state index is 4.22. The maximum atomic E-state index is 4.22. The summed E-state index contributed by atoms with van der Waals surface area (Å²) in [5.74, 6) is 0.875. The topological polar surface area (TPSA) is 29.9 Å². The van der Waals surface area contributed by atoms with Crippen LogP contribution in [0.3, 0.4) is 0 Å². The lowest BCUT2D eigenvalue weighted by molar-refractivity contribution is 0.386. The Morgan fingerprint density at radius 2 is 2.38 bits per heavy atom. The normalized spacial score (nSPS) is 25.1. The third-order valence-electron chi connectivity index (χ3n) is 3.69. The van der Waals surface area contributed by atoms with Crippen molar-refractivity contribution in [2.45, 2.75) is 45.1 Å². The predicted molar refractivity (Wildman–Crippen MR) is 66.3 cm³/mol. The van der Waals surface area contributed by atoms with E-state index >= 15 is 0 Å². The fourth-order valence-corrected chi connectivity index (χ4v) is 2.87. The number of hydrogen-bond donors (Lipinski definition) is 1. The minimum atomic E-state index is 0.765. The molecule has 90 valence electrons. The average molecular weight is 221 g/mol. The van der Waals surface area contributed by atoms with Gasteiger partial charge in [0.25, 0.3) is 0 Å². The summed E-state index contributed by atoms with van der Waals surface area (Å²) in [7, 11) is 1.99. The monoisotopic (exact) mass is 221 g/mol. The molecule has 0 amide bonds. The molecule has 1 aromatic rings. The van der Waals surface area contributed by atoms with Crippen LogP contribution in [0.2, 0.25) is 0 Å². The first-order valence-electron chi connectivity index (χ1n) is 6.50. The first-order chi connectivity index (χ1) is 7.79. The molecular formula is C13H23N3. The van der Waals surface area contributed by atoms with Crippen molar-refractivity contribution in [3.63, 3.8) is 0 Å². The predicted octanol–water partition coefficient (Wildman–Crippen LogP) is 2.13. The molecule has 1 fully saturated rings. The molecule has 0 aliphatic heterocycles. The highest BCUT2D eigenvalue weighted by Gasteiger charge is 2.25. The number of aryl methyl sites for hydroxylation is 2. The summed E-state index contributed by atoms with van der Waals surface area (Å²) >= 11 is 0. The van der Waals surface area contributed by atoms with E-state index in [1.54, 1.807) is 0 Å². The highest BCUT2D eigenvalue weighted by atomic mass is 15.2. The minimum absolute atomic E-state index is 0.765. The molecule has 1 aliphatic carbocycles. The lowest BCUT2D eigenvalue weighted by Crippen LogP contribution is -2.32. The van der Waals surface area contributed by atoms with Crippen molar-refractivity contribution in [2.75, 3.05) is 6.54 Å². The smallest absolute Gasteiger partial charge is 0.0521 e. The summed E-state index contributed by atoms with van der Waals surface area (Å²) in [6, 6.07) is 0.765. The molecule has 3 nitrogen and oxygen atoms in total. The molecule has 2 rings (SSSR count). The summed E-state index contributed by atoms with van der Waals surface area (Å²) in [6.07, 6.45) is 10.8.